The van der Waals surface area contributed by atoms with E-state index in [1.807, 2.05) is 0 Å². The molecule has 1 amide bonds. The second-order valence-corrected chi connectivity index (χ2v) is 8.35. The minimum absolute atomic E-state index is 0.00593. The molecule has 0 atom stereocenters. The van der Waals surface area contributed by atoms with E-state index in [9.17, 15) is 18.3 Å². The van der Waals surface area contributed by atoms with Crippen LogP contribution in [0.5, 0.6) is 11.5 Å². The molecule has 8 nitrogen and oxygen atoms in total. The van der Waals surface area contributed by atoms with Gasteiger partial charge in [-0.1, -0.05) is 23.7 Å². The smallest absolute Gasteiger partial charge is 0.273 e. The molecule has 0 saturated heterocycles. The Balaban J connectivity index is 1.76. The summed E-state index contributed by atoms with van der Waals surface area (Å²) >= 11 is 5.81. The van der Waals surface area contributed by atoms with Gasteiger partial charge in [0.05, 0.1) is 29.5 Å². The number of methoxy groups -OCH3 is 1. The van der Waals surface area contributed by atoms with E-state index < -0.39 is 15.9 Å². The first-order valence-corrected chi connectivity index (χ1v) is 10.7. The van der Waals surface area contributed by atoms with Gasteiger partial charge in [0.1, 0.15) is 0 Å². The molecule has 0 aromatic heterocycles. The second kappa shape index (κ2) is 9.50. The Bertz CT molecular complexity index is 1230. The van der Waals surface area contributed by atoms with Gasteiger partial charge in [-0.05, 0) is 60.2 Å². The average molecular weight is 460 g/mol. The minimum Gasteiger partial charge on any atom is -0.504 e. The van der Waals surface area contributed by atoms with Crippen LogP contribution in [0, 0.1) is 0 Å². The normalized spacial score (nSPS) is 11.3. The Morgan fingerprint density at radius 3 is 2.52 bits per heavy atom. The SMILES string of the molecule is COc1cc(/C=N/NC(=O)c2ccccc2NS(=O)(=O)c2ccc(Cl)cc2)ccc1O. The van der Waals surface area contributed by atoms with Gasteiger partial charge in [0.25, 0.3) is 15.9 Å². The van der Waals surface area contributed by atoms with Crippen LogP contribution in [0.4, 0.5) is 5.69 Å². The number of sulfonamides is 1. The van der Waals surface area contributed by atoms with Gasteiger partial charge >= 0.3 is 0 Å². The summed E-state index contributed by atoms with van der Waals surface area (Å²) in [6.07, 6.45) is 1.36. The first kappa shape index (κ1) is 22.1. The van der Waals surface area contributed by atoms with E-state index in [0.29, 0.717) is 10.6 Å². The second-order valence-electron chi connectivity index (χ2n) is 6.24. The van der Waals surface area contributed by atoms with Crippen LogP contribution in [0.2, 0.25) is 5.02 Å². The highest BCUT2D eigenvalue weighted by molar-refractivity contribution is 7.92. The first-order valence-electron chi connectivity index (χ1n) is 8.88. The predicted molar refractivity (Wildman–Crippen MR) is 118 cm³/mol. The van der Waals surface area contributed by atoms with Crippen molar-refractivity contribution in [3.8, 4) is 11.5 Å². The summed E-state index contributed by atoms with van der Waals surface area (Å²) < 4.78 is 32.7. The number of nitrogens with one attached hydrogen (secondary N) is 2. The van der Waals surface area contributed by atoms with Crippen LogP contribution in [-0.2, 0) is 10.0 Å². The van der Waals surface area contributed by atoms with Crippen molar-refractivity contribution in [2.45, 2.75) is 4.90 Å². The number of hydrazone groups is 1. The molecule has 3 rings (SSSR count). The molecule has 0 aliphatic carbocycles. The maximum absolute atomic E-state index is 12.6. The van der Waals surface area contributed by atoms with Crippen molar-refractivity contribution < 1.29 is 23.1 Å². The summed E-state index contributed by atoms with van der Waals surface area (Å²) in [5, 5.41) is 13.9. The van der Waals surface area contributed by atoms with Crippen molar-refractivity contribution in [2.75, 3.05) is 11.8 Å². The quantitative estimate of drug-likeness (QED) is 0.368. The van der Waals surface area contributed by atoms with Crippen LogP contribution in [0.1, 0.15) is 15.9 Å². The largest absolute Gasteiger partial charge is 0.504 e. The van der Waals surface area contributed by atoms with Crippen molar-refractivity contribution in [1.29, 1.82) is 0 Å². The maximum atomic E-state index is 12.6. The van der Waals surface area contributed by atoms with Crippen LogP contribution in [-0.4, -0.2) is 32.8 Å². The number of carbonyl (C=O) groups is 1. The molecule has 0 radical (unpaired) electrons. The van der Waals surface area contributed by atoms with Gasteiger partial charge in [-0.15, -0.1) is 0 Å². The van der Waals surface area contributed by atoms with E-state index in [4.69, 9.17) is 16.3 Å². The van der Waals surface area contributed by atoms with Gasteiger partial charge in [-0.2, -0.15) is 5.10 Å². The van der Waals surface area contributed by atoms with Crippen molar-refractivity contribution in [3.63, 3.8) is 0 Å². The van der Waals surface area contributed by atoms with E-state index in [1.165, 1.54) is 55.8 Å². The first-order chi connectivity index (χ1) is 14.8. The summed E-state index contributed by atoms with van der Waals surface area (Å²) in [7, 11) is -2.51. The third-order valence-electron chi connectivity index (χ3n) is 4.12. The number of hydrogen-bond acceptors (Lipinski definition) is 6. The van der Waals surface area contributed by atoms with Crippen LogP contribution in [0.3, 0.4) is 0 Å². The number of nitrogens with zero attached hydrogens (tertiary/aromatic N) is 1. The molecular weight excluding hydrogens is 442 g/mol. The maximum Gasteiger partial charge on any atom is 0.273 e. The van der Waals surface area contributed by atoms with E-state index >= 15 is 0 Å². The molecule has 0 bridgehead atoms. The average Bonchev–Trinajstić information content (AvgIpc) is 2.75. The number of aromatic hydroxyl groups is 1. The molecule has 3 aromatic rings. The third kappa shape index (κ3) is 5.53. The molecule has 0 aliphatic rings. The summed E-state index contributed by atoms with van der Waals surface area (Å²) in [6.45, 7) is 0. The number of benzene rings is 3. The van der Waals surface area contributed by atoms with Crippen LogP contribution in [0.25, 0.3) is 0 Å². The molecule has 0 saturated carbocycles. The Kier molecular flexibility index (Phi) is 6.78. The number of halogens is 1. The molecule has 0 unspecified atom stereocenters. The summed E-state index contributed by atoms with van der Waals surface area (Å²) in [5.41, 5.74) is 3.10. The molecule has 3 N–H and O–H groups in total. The lowest BCUT2D eigenvalue weighted by molar-refractivity contribution is 0.0956. The van der Waals surface area contributed by atoms with Gasteiger partial charge < -0.3 is 9.84 Å². The highest BCUT2D eigenvalue weighted by atomic mass is 35.5. The van der Waals surface area contributed by atoms with Gasteiger partial charge in [-0.25, -0.2) is 13.8 Å². The number of carbonyl (C=O) groups excluding carboxylic acids is 1. The van der Waals surface area contributed by atoms with Crippen molar-refractivity contribution in [3.05, 3.63) is 82.9 Å². The van der Waals surface area contributed by atoms with Gasteiger partial charge in [0, 0.05) is 5.02 Å². The number of phenolic OH excluding ortho intramolecular Hbond substituents is 1. The Hall–Kier alpha value is -3.56. The predicted octanol–water partition coefficient (Wildman–Crippen LogP) is 3.62. The van der Waals surface area contributed by atoms with Crippen LogP contribution < -0.4 is 14.9 Å². The molecule has 0 fully saturated rings. The fourth-order valence-electron chi connectivity index (χ4n) is 2.59. The zero-order valence-corrected chi connectivity index (χ0v) is 17.8. The molecule has 0 aliphatic heterocycles. The summed E-state index contributed by atoms with van der Waals surface area (Å²) in [4.78, 5) is 12.6. The molecule has 0 heterocycles. The summed E-state index contributed by atoms with van der Waals surface area (Å²) in [6, 6.07) is 16.3. The van der Waals surface area contributed by atoms with Gasteiger partial charge in [0.2, 0.25) is 0 Å². The number of hydrogen-bond donors (Lipinski definition) is 3. The molecule has 10 heteroatoms. The fourth-order valence-corrected chi connectivity index (χ4v) is 3.79. The molecule has 31 heavy (non-hydrogen) atoms. The molecule has 160 valence electrons. The highest BCUT2D eigenvalue weighted by Gasteiger charge is 2.18. The monoisotopic (exact) mass is 459 g/mol. The number of rotatable bonds is 7. The number of ether oxygens (including phenoxy) is 1. The zero-order valence-electron chi connectivity index (χ0n) is 16.2. The minimum atomic E-state index is -3.93. The standard InChI is InChI=1S/C21H18ClN3O5S/c1-30-20-12-14(6-11-19(20)26)13-23-24-21(27)17-4-2-3-5-18(17)25-31(28,29)16-9-7-15(22)8-10-16/h2-13,25-26H,1H3,(H,24,27)/b23-13+. The molecular formula is C21H18ClN3O5S. The van der Waals surface area contributed by atoms with Crippen molar-refractivity contribution in [2.24, 2.45) is 5.10 Å². The molecule has 0 spiro atoms. The van der Waals surface area contributed by atoms with Gasteiger partial charge in [0.15, 0.2) is 11.5 Å². The lowest BCUT2D eigenvalue weighted by atomic mass is 10.2. The molecule has 3 aromatic carbocycles. The van der Waals surface area contributed by atoms with Crippen molar-refractivity contribution >= 4 is 39.4 Å². The highest BCUT2D eigenvalue weighted by Crippen LogP contribution is 2.25. The van der Waals surface area contributed by atoms with Gasteiger partial charge in [-0.3, -0.25) is 9.52 Å². The third-order valence-corrected chi connectivity index (χ3v) is 5.76. The van der Waals surface area contributed by atoms with Crippen LogP contribution >= 0.6 is 11.6 Å². The van der Waals surface area contributed by atoms with E-state index in [0.717, 1.165) is 0 Å². The lowest BCUT2D eigenvalue weighted by Crippen LogP contribution is -2.21. The Morgan fingerprint density at radius 2 is 1.81 bits per heavy atom. The Labute approximate surface area is 184 Å². The number of amides is 1. The van der Waals surface area contributed by atoms with E-state index in [2.05, 4.69) is 15.2 Å². The number of phenols is 1. The Morgan fingerprint density at radius 1 is 1.10 bits per heavy atom. The lowest BCUT2D eigenvalue weighted by Gasteiger charge is -2.11. The van der Waals surface area contributed by atoms with E-state index in [1.54, 1.807) is 24.3 Å². The number of para-hydroxylation sites is 1. The van der Waals surface area contributed by atoms with Crippen molar-refractivity contribution in [1.82, 2.24) is 5.43 Å². The summed E-state index contributed by atoms with van der Waals surface area (Å²) in [5.74, 6) is -0.376. The zero-order chi connectivity index (χ0) is 22.4. The van der Waals surface area contributed by atoms with Crippen LogP contribution in [0.15, 0.2) is 76.7 Å². The topological polar surface area (TPSA) is 117 Å². The number of anilines is 1. The van der Waals surface area contributed by atoms with E-state index in [-0.39, 0.29) is 27.6 Å². The fraction of sp³-hybridized carbons (Fsp3) is 0.0476.